The number of aryl methyl sites for hydroxylation is 1. The standard InChI is InChI=1S/C21H19F2N3O2/c1-13-4-2-3-5-18(13)26-19(14-6-7-14)17(12-24-26)20(27)25-15-8-10-16(11-9-15)28-21(22)23/h2-5,8-12,14,21H,6-7H2,1H3,(H,25,27). The Kier molecular flexibility index (Phi) is 4.81. The summed E-state index contributed by atoms with van der Waals surface area (Å²) in [6.07, 6.45) is 3.64. The number of ether oxygens (including phenoxy) is 1. The number of amides is 1. The zero-order valence-corrected chi connectivity index (χ0v) is 15.2. The van der Waals surface area contributed by atoms with E-state index in [0.29, 0.717) is 17.2 Å². The molecule has 1 aliphatic rings. The number of hydrogen-bond donors (Lipinski definition) is 1. The van der Waals surface area contributed by atoms with Crippen LogP contribution in [0.3, 0.4) is 0 Å². The van der Waals surface area contributed by atoms with Gasteiger partial charge in [-0.25, -0.2) is 4.68 Å². The van der Waals surface area contributed by atoms with E-state index in [9.17, 15) is 13.6 Å². The highest BCUT2D eigenvalue weighted by Gasteiger charge is 2.33. The molecule has 1 aliphatic carbocycles. The first-order valence-corrected chi connectivity index (χ1v) is 9.03. The predicted octanol–water partition coefficient (Wildman–Crippen LogP) is 4.91. The molecule has 0 unspecified atom stereocenters. The molecule has 1 heterocycles. The smallest absolute Gasteiger partial charge is 0.387 e. The average Bonchev–Trinajstić information content (AvgIpc) is 3.41. The van der Waals surface area contributed by atoms with Crippen LogP contribution >= 0.6 is 0 Å². The monoisotopic (exact) mass is 383 g/mol. The fraction of sp³-hybridized carbons (Fsp3) is 0.238. The minimum Gasteiger partial charge on any atom is -0.435 e. The van der Waals surface area contributed by atoms with Gasteiger partial charge < -0.3 is 10.1 Å². The van der Waals surface area contributed by atoms with E-state index in [1.807, 2.05) is 35.9 Å². The quantitative estimate of drug-likeness (QED) is 0.658. The summed E-state index contributed by atoms with van der Waals surface area (Å²) < 4.78 is 30.7. The highest BCUT2D eigenvalue weighted by Crippen LogP contribution is 2.42. The topological polar surface area (TPSA) is 56.2 Å². The lowest BCUT2D eigenvalue weighted by Gasteiger charge is -2.12. The number of halogens is 2. The number of benzene rings is 2. The van der Waals surface area contributed by atoms with Crippen molar-refractivity contribution in [3.8, 4) is 11.4 Å². The van der Waals surface area contributed by atoms with Crippen molar-refractivity contribution in [3.05, 3.63) is 71.5 Å². The Morgan fingerprint density at radius 2 is 1.89 bits per heavy atom. The second kappa shape index (κ2) is 7.42. The molecular formula is C21H19F2N3O2. The number of nitrogens with one attached hydrogen (secondary N) is 1. The molecule has 7 heteroatoms. The van der Waals surface area contributed by atoms with E-state index in [2.05, 4.69) is 15.2 Å². The molecule has 0 spiro atoms. The van der Waals surface area contributed by atoms with Crippen LogP contribution in [0.15, 0.2) is 54.7 Å². The molecule has 1 N–H and O–H groups in total. The van der Waals surface area contributed by atoms with Crippen LogP contribution in [0, 0.1) is 6.92 Å². The van der Waals surface area contributed by atoms with Gasteiger partial charge >= 0.3 is 6.61 Å². The first kappa shape index (κ1) is 18.2. The Morgan fingerprint density at radius 1 is 1.18 bits per heavy atom. The van der Waals surface area contributed by atoms with Crippen LogP contribution in [0.25, 0.3) is 5.69 Å². The Bertz CT molecular complexity index is 995. The van der Waals surface area contributed by atoms with Crippen LogP contribution in [-0.4, -0.2) is 22.3 Å². The van der Waals surface area contributed by atoms with Crippen LogP contribution in [0.1, 0.15) is 40.4 Å². The molecule has 0 saturated heterocycles. The highest BCUT2D eigenvalue weighted by molar-refractivity contribution is 6.05. The van der Waals surface area contributed by atoms with Crippen molar-refractivity contribution < 1.29 is 18.3 Å². The summed E-state index contributed by atoms with van der Waals surface area (Å²) >= 11 is 0. The summed E-state index contributed by atoms with van der Waals surface area (Å²) in [7, 11) is 0. The van der Waals surface area contributed by atoms with Gasteiger partial charge in [-0.15, -0.1) is 0 Å². The number of para-hydroxylation sites is 1. The zero-order valence-electron chi connectivity index (χ0n) is 15.2. The second-order valence-corrected chi connectivity index (χ2v) is 6.77. The zero-order chi connectivity index (χ0) is 19.7. The number of hydrogen-bond acceptors (Lipinski definition) is 3. The van der Waals surface area contributed by atoms with Gasteiger partial charge in [-0.2, -0.15) is 13.9 Å². The van der Waals surface area contributed by atoms with Gasteiger partial charge in [0.25, 0.3) is 5.91 Å². The predicted molar refractivity (Wildman–Crippen MR) is 101 cm³/mol. The van der Waals surface area contributed by atoms with Gasteiger partial charge in [0, 0.05) is 11.6 Å². The lowest BCUT2D eigenvalue weighted by atomic mass is 10.1. The molecular weight excluding hydrogens is 364 g/mol. The van der Waals surface area contributed by atoms with E-state index in [1.165, 1.54) is 24.3 Å². The van der Waals surface area contributed by atoms with E-state index >= 15 is 0 Å². The van der Waals surface area contributed by atoms with Crippen molar-refractivity contribution in [1.82, 2.24) is 9.78 Å². The number of rotatable bonds is 6. The number of aromatic nitrogens is 2. The summed E-state index contributed by atoms with van der Waals surface area (Å²) in [5, 5.41) is 7.28. The highest BCUT2D eigenvalue weighted by atomic mass is 19.3. The van der Waals surface area contributed by atoms with Crippen LogP contribution in [0.5, 0.6) is 5.75 Å². The lowest BCUT2D eigenvalue weighted by Crippen LogP contribution is -2.14. The van der Waals surface area contributed by atoms with Crippen LogP contribution in [0.2, 0.25) is 0 Å². The van der Waals surface area contributed by atoms with Gasteiger partial charge in [-0.05, 0) is 55.7 Å². The molecule has 0 radical (unpaired) electrons. The molecule has 5 nitrogen and oxygen atoms in total. The molecule has 1 aromatic heterocycles. The second-order valence-electron chi connectivity index (χ2n) is 6.77. The molecule has 144 valence electrons. The van der Waals surface area contributed by atoms with Crippen LogP contribution in [-0.2, 0) is 0 Å². The Labute approximate surface area is 160 Å². The number of alkyl halides is 2. The minimum atomic E-state index is -2.88. The molecule has 2 aromatic carbocycles. The fourth-order valence-corrected chi connectivity index (χ4v) is 3.19. The maximum absolute atomic E-state index is 12.8. The van der Waals surface area contributed by atoms with Crippen molar-refractivity contribution >= 4 is 11.6 Å². The molecule has 0 aliphatic heterocycles. The summed E-state index contributed by atoms with van der Waals surface area (Å²) in [6.45, 7) is -0.870. The number of carbonyl (C=O) groups excluding carboxylic acids is 1. The molecule has 3 aromatic rings. The van der Waals surface area contributed by atoms with E-state index < -0.39 is 6.61 Å². The molecule has 1 amide bonds. The van der Waals surface area contributed by atoms with Crippen LogP contribution < -0.4 is 10.1 Å². The van der Waals surface area contributed by atoms with Crippen LogP contribution in [0.4, 0.5) is 14.5 Å². The van der Waals surface area contributed by atoms with Crippen molar-refractivity contribution in [3.63, 3.8) is 0 Å². The third kappa shape index (κ3) is 3.74. The first-order valence-electron chi connectivity index (χ1n) is 9.03. The lowest BCUT2D eigenvalue weighted by molar-refractivity contribution is -0.0498. The largest absolute Gasteiger partial charge is 0.435 e. The third-order valence-electron chi connectivity index (χ3n) is 4.70. The maximum Gasteiger partial charge on any atom is 0.387 e. The average molecular weight is 383 g/mol. The number of anilines is 1. The van der Waals surface area contributed by atoms with E-state index in [4.69, 9.17) is 0 Å². The Balaban J connectivity index is 1.59. The van der Waals surface area contributed by atoms with Gasteiger partial charge in [-0.1, -0.05) is 18.2 Å². The number of nitrogens with zero attached hydrogens (tertiary/aromatic N) is 2. The van der Waals surface area contributed by atoms with E-state index in [1.54, 1.807) is 6.20 Å². The molecule has 1 saturated carbocycles. The van der Waals surface area contributed by atoms with Gasteiger partial charge in [0.1, 0.15) is 5.75 Å². The van der Waals surface area contributed by atoms with Crippen molar-refractivity contribution in [2.45, 2.75) is 32.3 Å². The maximum atomic E-state index is 12.8. The fourth-order valence-electron chi connectivity index (χ4n) is 3.19. The SMILES string of the molecule is Cc1ccccc1-n1ncc(C(=O)Nc2ccc(OC(F)F)cc2)c1C1CC1. The molecule has 4 rings (SSSR count). The summed E-state index contributed by atoms with van der Waals surface area (Å²) in [5.41, 5.74) is 3.96. The minimum absolute atomic E-state index is 0.0408. The van der Waals surface area contributed by atoms with Crippen molar-refractivity contribution in [2.24, 2.45) is 0 Å². The molecule has 28 heavy (non-hydrogen) atoms. The van der Waals surface area contributed by atoms with Crippen molar-refractivity contribution in [2.75, 3.05) is 5.32 Å². The van der Waals surface area contributed by atoms with Gasteiger partial charge in [0.2, 0.25) is 0 Å². The van der Waals surface area contributed by atoms with E-state index in [0.717, 1.165) is 29.8 Å². The number of carbonyl (C=O) groups is 1. The first-order chi connectivity index (χ1) is 13.5. The normalized spacial score (nSPS) is 13.6. The summed E-state index contributed by atoms with van der Waals surface area (Å²) in [5.74, 6) is 0.0768. The molecule has 0 bridgehead atoms. The van der Waals surface area contributed by atoms with Gasteiger partial charge in [0.15, 0.2) is 0 Å². The van der Waals surface area contributed by atoms with Gasteiger partial charge in [-0.3, -0.25) is 4.79 Å². The van der Waals surface area contributed by atoms with Crippen molar-refractivity contribution in [1.29, 1.82) is 0 Å². The summed E-state index contributed by atoms with van der Waals surface area (Å²) in [6, 6.07) is 13.7. The Hall–Kier alpha value is -3.22. The Morgan fingerprint density at radius 3 is 2.54 bits per heavy atom. The summed E-state index contributed by atoms with van der Waals surface area (Å²) in [4.78, 5) is 12.8. The van der Waals surface area contributed by atoms with E-state index in [-0.39, 0.29) is 11.7 Å². The molecule has 1 fully saturated rings. The van der Waals surface area contributed by atoms with Gasteiger partial charge in [0.05, 0.1) is 23.1 Å². The molecule has 0 atom stereocenters. The third-order valence-corrected chi connectivity index (χ3v) is 4.70.